The molecule has 9 heteroatoms. The first-order chi connectivity index (χ1) is 15.9. The van der Waals surface area contributed by atoms with Gasteiger partial charge >= 0.3 is 5.97 Å². The van der Waals surface area contributed by atoms with Gasteiger partial charge in [0.15, 0.2) is 5.65 Å². The molecule has 0 bridgehead atoms. The van der Waals surface area contributed by atoms with Crippen LogP contribution >= 0.6 is 0 Å². The van der Waals surface area contributed by atoms with E-state index in [4.69, 9.17) is 4.74 Å². The number of benzene rings is 2. The summed E-state index contributed by atoms with van der Waals surface area (Å²) in [5, 5.41) is 7.33. The van der Waals surface area contributed by atoms with Gasteiger partial charge in [-0.1, -0.05) is 24.3 Å². The van der Waals surface area contributed by atoms with E-state index in [1.807, 2.05) is 32.0 Å². The second kappa shape index (κ2) is 9.07. The number of hydrogen-bond donors (Lipinski definition) is 1. The fourth-order valence-electron chi connectivity index (χ4n) is 3.53. The second-order valence-corrected chi connectivity index (χ2v) is 7.50. The number of aromatic nitrogens is 4. The maximum atomic E-state index is 13.0. The molecule has 0 unspecified atom stereocenters. The van der Waals surface area contributed by atoms with Crippen molar-refractivity contribution in [3.8, 4) is 5.69 Å². The molecule has 0 saturated carbocycles. The number of esters is 1. The summed E-state index contributed by atoms with van der Waals surface area (Å²) in [6.07, 6.45) is 2.78. The molecule has 33 heavy (non-hydrogen) atoms. The highest BCUT2D eigenvalue weighted by Gasteiger charge is 2.17. The quantitative estimate of drug-likeness (QED) is 0.457. The van der Waals surface area contributed by atoms with Crippen LogP contribution in [-0.4, -0.2) is 37.8 Å². The number of carbonyl (C=O) groups excluding carboxylic acids is 2. The number of rotatable bonds is 6. The van der Waals surface area contributed by atoms with Crippen LogP contribution in [0.3, 0.4) is 0 Å². The van der Waals surface area contributed by atoms with E-state index < -0.39 is 11.9 Å². The molecule has 4 rings (SSSR count). The van der Waals surface area contributed by atoms with Gasteiger partial charge in [0, 0.05) is 0 Å². The minimum absolute atomic E-state index is 0.220. The minimum Gasteiger partial charge on any atom is -0.462 e. The van der Waals surface area contributed by atoms with Gasteiger partial charge in [-0.25, -0.2) is 14.5 Å². The molecular formula is C24H23N5O4. The summed E-state index contributed by atoms with van der Waals surface area (Å²) in [5.41, 5.74) is 3.55. The molecule has 0 fully saturated rings. The van der Waals surface area contributed by atoms with Crippen molar-refractivity contribution in [2.75, 3.05) is 11.9 Å². The molecule has 4 aromatic rings. The summed E-state index contributed by atoms with van der Waals surface area (Å²) in [4.78, 5) is 42.1. The lowest BCUT2D eigenvalue weighted by atomic mass is 10.1. The Morgan fingerprint density at radius 3 is 2.67 bits per heavy atom. The van der Waals surface area contributed by atoms with Gasteiger partial charge in [0.1, 0.15) is 18.3 Å². The van der Waals surface area contributed by atoms with Crippen LogP contribution in [0.15, 0.2) is 59.8 Å². The molecule has 2 heterocycles. The summed E-state index contributed by atoms with van der Waals surface area (Å²) < 4.78 is 7.86. The van der Waals surface area contributed by atoms with Crippen molar-refractivity contribution >= 4 is 28.6 Å². The minimum atomic E-state index is -0.535. The molecule has 0 atom stereocenters. The molecule has 2 aromatic heterocycles. The summed E-state index contributed by atoms with van der Waals surface area (Å²) in [6, 6.07) is 12.4. The van der Waals surface area contributed by atoms with Crippen molar-refractivity contribution in [3.05, 3.63) is 82.0 Å². The van der Waals surface area contributed by atoms with Crippen molar-refractivity contribution in [1.82, 2.24) is 19.3 Å². The molecule has 0 aliphatic rings. The number of amides is 1. The zero-order chi connectivity index (χ0) is 23.5. The number of ether oxygens (including phenoxy) is 1. The Morgan fingerprint density at radius 1 is 1.09 bits per heavy atom. The lowest BCUT2D eigenvalue weighted by Crippen LogP contribution is -2.28. The third-order valence-electron chi connectivity index (χ3n) is 5.37. The number of hydrogen-bond acceptors (Lipinski definition) is 6. The lowest BCUT2D eigenvalue weighted by Gasteiger charge is -2.11. The fourth-order valence-corrected chi connectivity index (χ4v) is 3.53. The first kappa shape index (κ1) is 21.9. The smallest absolute Gasteiger partial charge is 0.340 e. The molecule has 1 N–H and O–H groups in total. The number of para-hydroxylation sites is 1. The van der Waals surface area contributed by atoms with Crippen LogP contribution in [0.4, 0.5) is 5.69 Å². The average Bonchev–Trinajstić information content (AvgIpc) is 3.23. The SMILES string of the molecule is CCOC(=O)c1ccccc1NC(=O)Cn1cnc2c(cnn2-c2cccc(C)c2C)c1=O. The number of carbonyl (C=O) groups is 2. The topological polar surface area (TPSA) is 108 Å². The van der Waals surface area contributed by atoms with Gasteiger partial charge in [-0.15, -0.1) is 0 Å². The second-order valence-electron chi connectivity index (χ2n) is 7.50. The largest absolute Gasteiger partial charge is 0.462 e. The van der Waals surface area contributed by atoms with Crippen molar-refractivity contribution in [2.45, 2.75) is 27.3 Å². The average molecular weight is 445 g/mol. The standard InChI is InChI=1S/C24H23N5O4/c1-4-33-24(32)17-9-5-6-10-19(17)27-21(30)13-28-14-25-22-18(23(28)31)12-26-29(22)20-11-7-8-15(2)16(20)3/h5-12,14H,4,13H2,1-3H3,(H,27,30). The Balaban J connectivity index is 1.60. The van der Waals surface area contributed by atoms with Crippen LogP contribution in [0.2, 0.25) is 0 Å². The van der Waals surface area contributed by atoms with Crippen LogP contribution in [0.5, 0.6) is 0 Å². The first-order valence-electron chi connectivity index (χ1n) is 10.5. The number of aryl methyl sites for hydroxylation is 1. The number of nitrogens with one attached hydrogen (secondary N) is 1. The van der Waals surface area contributed by atoms with Crippen molar-refractivity contribution in [1.29, 1.82) is 0 Å². The fraction of sp³-hybridized carbons (Fsp3) is 0.208. The highest BCUT2D eigenvalue weighted by molar-refractivity contribution is 6.01. The third kappa shape index (κ3) is 4.25. The normalized spacial score (nSPS) is 10.9. The van der Waals surface area contributed by atoms with E-state index in [0.29, 0.717) is 16.7 Å². The van der Waals surface area contributed by atoms with Crippen LogP contribution in [0.1, 0.15) is 28.4 Å². The number of anilines is 1. The summed E-state index contributed by atoms with van der Waals surface area (Å²) in [6.45, 7) is 5.64. The van der Waals surface area contributed by atoms with E-state index in [-0.39, 0.29) is 24.3 Å². The monoisotopic (exact) mass is 445 g/mol. The molecule has 0 aliphatic heterocycles. The maximum Gasteiger partial charge on any atom is 0.340 e. The van der Waals surface area contributed by atoms with Gasteiger partial charge in [0.05, 0.1) is 29.7 Å². The molecule has 0 spiro atoms. The lowest BCUT2D eigenvalue weighted by molar-refractivity contribution is -0.116. The Hall–Kier alpha value is -4.27. The van der Waals surface area contributed by atoms with Crippen LogP contribution < -0.4 is 10.9 Å². The van der Waals surface area contributed by atoms with Gasteiger partial charge in [0.25, 0.3) is 5.56 Å². The van der Waals surface area contributed by atoms with Crippen molar-refractivity contribution in [3.63, 3.8) is 0 Å². The molecule has 0 aliphatic carbocycles. The molecule has 1 amide bonds. The Bertz CT molecular complexity index is 1420. The molecule has 168 valence electrons. The predicted octanol–water partition coefficient (Wildman–Crippen LogP) is 3.01. The van der Waals surface area contributed by atoms with Crippen molar-refractivity contribution in [2.24, 2.45) is 0 Å². The molecule has 0 saturated heterocycles. The zero-order valence-corrected chi connectivity index (χ0v) is 18.5. The van der Waals surface area contributed by atoms with Gasteiger partial charge in [-0.2, -0.15) is 5.10 Å². The molecular weight excluding hydrogens is 422 g/mol. The molecule has 0 radical (unpaired) electrons. The summed E-state index contributed by atoms with van der Waals surface area (Å²) in [7, 11) is 0. The number of fused-ring (bicyclic) bond motifs is 1. The van der Waals surface area contributed by atoms with Gasteiger partial charge in [-0.05, 0) is 50.1 Å². The number of nitrogens with zero attached hydrogens (tertiary/aromatic N) is 4. The van der Waals surface area contributed by atoms with E-state index in [2.05, 4.69) is 15.4 Å². The highest BCUT2D eigenvalue weighted by Crippen LogP contribution is 2.20. The summed E-state index contributed by atoms with van der Waals surface area (Å²) in [5.74, 6) is -1.01. The van der Waals surface area contributed by atoms with E-state index in [1.165, 1.54) is 17.1 Å². The van der Waals surface area contributed by atoms with E-state index in [0.717, 1.165) is 16.8 Å². The zero-order valence-electron chi connectivity index (χ0n) is 18.5. The van der Waals surface area contributed by atoms with Gasteiger partial charge in [0.2, 0.25) is 5.91 Å². The van der Waals surface area contributed by atoms with E-state index in [9.17, 15) is 14.4 Å². The van der Waals surface area contributed by atoms with E-state index in [1.54, 1.807) is 35.9 Å². The van der Waals surface area contributed by atoms with Gasteiger partial charge in [-0.3, -0.25) is 14.2 Å². The van der Waals surface area contributed by atoms with Crippen molar-refractivity contribution < 1.29 is 14.3 Å². The Kier molecular flexibility index (Phi) is 6.03. The Labute approximate surface area is 189 Å². The Morgan fingerprint density at radius 2 is 1.88 bits per heavy atom. The summed E-state index contributed by atoms with van der Waals surface area (Å²) >= 11 is 0. The van der Waals surface area contributed by atoms with Crippen LogP contribution in [0.25, 0.3) is 16.7 Å². The first-order valence-corrected chi connectivity index (χ1v) is 10.5. The van der Waals surface area contributed by atoms with Gasteiger partial charge < -0.3 is 10.1 Å². The predicted molar refractivity (Wildman–Crippen MR) is 124 cm³/mol. The van der Waals surface area contributed by atoms with E-state index >= 15 is 0 Å². The maximum absolute atomic E-state index is 13.0. The molecule has 9 nitrogen and oxygen atoms in total. The molecule has 2 aromatic carbocycles. The highest BCUT2D eigenvalue weighted by atomic mass is 16.5. The van der Waals surface area contributed by atoms with Crippen LogP contribution in [-0.2, 0) is 16.1 Å². The van der Waals surface area contributed by atoms with Crippen LogP contribution in [0, 0.1) is 13.8 Å². The third-order valence-corrected chi connectivity index (χ3v) is 5.37.